The molecule has 0 aliphatic carbocycles. The Kier molecular flexibility index (Phi) is 4.09. The van der Waals surface area contributed by atoms with Crippen LogP contribution in [0.5, 0.6) is 0 Å². The fraction of sp³-hybridized carbons (Fsp3) is 0.467. The topological polar surface area (TPSA) is 83.6 Å². The minimum absolute atomic E-state index is 0.0706. The molecule has 1 unspecified atom stereocenters. The van der Waals surface area contributed by atoms with E-state index in [1.54, 1.807) is 29.2 Å². The third-order valence-corrected chi connectivity index (χ3v) is 3.77. The highest BCUT2D eigenvalue weighted by Crippen LogP contribution is 2.22. The second-order valence-corrected chi connectivity index (χ2v) is 5.58. The standard InChI is InChI=1S/C15H20N2O3/c1-15(20)7-2-9-17(10-8-15)14(19)12-5-3-11(4-6-12)13(16)18/h3-6,20H,2,7-10H2,1H3,(H2,16,18). The van der Waals surface area contributed by atoms with Gasteiger partial charge in [0.05, 0.1) is 5.60 Å². The van der Waals surface area contributed by atoms with E-state index >= 15 is 0 Å². The molecule has 1 aromatic carbocycles. The molecule has 1 aliphatic heterocycles. The maximum Gasteiger partial charge on any atom is 0.253 e. The van der Waals surface area contributed by atoms with E-state index in [9.17, 15) is 14.7 Å². The first-order chi connectivity index (χ1) is 9.39. The summed E-state index contributed by atoms with van der Waals surface area (Å²) < 4.78 is 0. The second-order valence-electron chi connectivity index (χ2n) is 5.58. The zero-order valence-electron chi connectivity index (χ0n) is 11.6. The van der Waals surface area contributed by atoms with Gasteiger partial charge < -0.3 is 15.7 Å². The quantitative estimate of drug-likeness (QED) is 0.850. The molecule has 1 fully saturated rings. The zero-order chi connectivity index (χ0) is 14.8. The lowest BCUT2D eigenvalue weighted by molar-refractivity contribution is 0.0437. The van der Waals surface area contributed by atoms with Crippen LogP contribution in [0.2, 0.25) is 0 Å². The number of hydrogen-bond donors (Lipinski definition) is 2. The van der Waals surface area contributed by atoms with Gasteiger partial charge in [-0.15, -0.1) is 0 Å². The fourth-order valence-electron chi connectivity index (χ4n) is 2.43. The molecule has 5 nitrogen and oxygen atoms in total. The number of nitrogens with zero attached hydrogens (tertiary/aromatic N) is 1. The van der Waals surface area contributed by atoms with Crippen molar-refractivity contribution in [3.63, 3.8) is 0 Å². The molecule has 0 aromatic heterocycles. The molecule has 0 spiro atoms. The van der Waals surface area contributed by atoms with Gasteiger partial charge in [-0.1, -0.05) is 0 Å². The average Bonchev–Trinajstić information content (AvgIpc) is 2.59. The molecule has 0 radical (unpaired) electrons. The molecule has 5 heteroatoms. The SMILES string of the molecule is CC1(O)CCCN(C(=O)c2ccc(C(N)=O)cc2)CC1. The Balaban J connectivity index is 2.09. The Bertz CT molecular complexity index is 508. The van der Waals surface area contributed by atoms with Crippen molar-refractivity contribution in [3.8, 4) is 0 Å². The maximum absolute atomic E-state index is 12.4. The van der Waals surface area contributed by atoms with Crippen LogP contribution in [-0.2, 0) is 0 Å². The van der Waals surface area contributed by atoms with Crippen molar-refractivity contribution < 1.29 is 14.7 Å². The van der Waals surface area contributed by atoms with Gasteiger partial charge in [-0.3, -0.25) is 9.59 Å². The monoisotopic (exact) mass is 276 g/mol. The molecule has 1 heterocycles. The lowest BCUT2D eigenvalue weighted by Gasteiger charge is -2.22. The summed E-state index contributed by atoms with van der Waals surface area (Å²) in [6.45, 7) is 3.00. The van der Waals surface area contributed by atoms with Crippen LogP contribution in [0.25, 0.3) is 0 Å². The predicted molar refractivity (Wildman–Crippen MR) is 75.3 cm³/mol. The molecule has 0 saturated carbocycles. The molecule has 2 rings (SSSR count). The summed E-state index contributed by atoms with van der Waals surface area (Å²) in [6, 6.07) is 6.35. The Hall–Kier alpha value is -1.88. The lowest BCUT2D eigenvalue weighted by atomic mass is 9.98. The van der Waals surface area contributed by atoms with Crippen LogP contribution in [0.3, 0.4) is 0 Å². The largest absolute Gasteiger partial charge is 0.390 e. The maximum atomic E-state index is 12.4. The lowest BCUT2D eigenvalue weighted by Crippen LogP contribution is -2.33. The average molecular weight is 276 g/mol. The van der Waals surface area contributed by atoms with Gasteiger partial charge in [-0.25, -0.2) is 0 Å². The summed E-state index contributed by atoms with van der Waals surface area (Å²) >= 11 is 0. The van der Waals surface area contributed by atoms with Crippen molar-refractivity contribution in [1.29, 1.82) is 0 Å². The Morgan fingerprint density at radius 2 is 1.75 bits per heavy atom. The first kappa shape index (κ1) is 14.5. The molecule has 1 aliphatic rings. The van der Waals surface area contributed by atoms with Crippen molar-refractivity contribution >= 4 is 11.8 Å². The fourth-order valence-corrected chi connectivity index (χ4v) is 2.43. The van der Waals surface area contributed by atoms with Crippen molar-refractivity contribution in [1.82, 2.24) is 4.90 Å². The third kappa shape index (κ3) is 3.36. The number of nitrogens with two attached hydrogens (primary N) is 1. The Morgan fingerprint density at radius 1 is 1.15 bits per heavy atom. The third-order valence-electron chi connectivity index (χ3n) is 3.77. The van der Waals surface area contributed by atoms with Crippen molar-refractivity contribution in [3.05, 3.63) is 35.4 Å². The van der Waals surface area contributed by atoms with E-state index in [0.717, 1.165) is 6.42 Å². The van der Waals surface area contributed by atoms with Gasteiger partial charge in [0.15, 0.2) is 0 Å². The molecule has 1 aromatic rings. The van der Waals surface area contributed by atoms with Gasteiger partial charge in [0.2, 0.25) is 5.91 Å². The number of likely N-dealkylation sites (tertiary alicyclic amines) is 1. The first-order valence-corrected chi connectivity index (χ1v) is 6.81. The van der Waals surface area contributed by atoms with Crippen LogP contribution < -0.4 is 5.73 Å². The minimum atomic E-state index is -0.690. The van der Waals surface area contributed by atoms with Crippen LogP contribution >= 0.6 is 0 Å². The van der Waals surface area contributed by atoms with Crippen LogP contribution in [0, 0.1) is 0 Å². The van der Waals surface area contributed by atoms with Gasteiger partial charge in [0.1, 0.15) is 0 Å². The van der Waals surface area contributed by atoms with Crippen molar-refractivity contribution in [2.24, 2.45) is 5.73 Å². The molecular formula is C15H20N2O3. The van der Waals surface area contributed by atoms with E-state index in [1.165, 1.54) is 0 Å². The molecule has 20 heavy (non-hydrogen) atoms. The molecule has 2 amide bonds. The molecule has 1 atom stereocenters. The predicted octanol–water partition coefficient (Wildman–Crippen LogP) is 1.16. The molecule has 0 bridgehead atoms. The summed E-state index contributed by atoms with van der Waals surface area (Å²) in [5.74, 6) is -0.575. The number of amides is 2. The summed E-state index contributed by atoms with van der Waals surface area (Å²) in [5, 5.41) is 10.0. The smallest absolute Gasteiger partial charge is 0.253 e. The Labute approximate surface area is 118 Å². The van der Waals surface area contributed by atoms with E-state index in [-0.39, 0.29) is 5.91 Å². The van der Waals surface area contributed by atoms with Gasteiger partial charge in [0, 0.05) is 24.2 Å². The highest BCUT2D eigenvalue weighted by Gasteiger charge is 2.27. The minimum Gasteiger partial charge on any atom is -0.390 e. The van der Waals surface area contributed by atoms with Crippen LogP contribution in [-0.4, -0.2) is 40.5 Å². The summed E-state index contributed by atoms with van der Waals surface area (Å²) in [6.07, 6.45) is 2.08. The summed E-state index contributed by atoms with van der Waals surface area (Å²) in [7, 11) is 0. The first-order valence-electron chi connectivity index (χ1n) is 6.81. The summed E-state index contributed by atoms with van der Waals surface area (Å²) in [5.41, 5.74) is 5.41. The highest BCUT2D eigenvalue weighted by molar-refractivity contribution is 5.97. The number of hydrogen-bond acceptors (Lipinski definition) is 3. The van der Waals surface area contributed by atoms with Gasteiger partial charge in [-0.2, -0.15) is 0 Å². The van der Waals surface area contributed by atoms with Crippen LogP contribution in [0.15, 0.2) is 24.3 Å². The van der Waals surface area contributed by atoms with Gasteiger partial charge in [0.25, 0.3) is 5.91 Å². The summed E-state index contributed by atoms with van der Waals surface area (Å²) in [4.78, 5) is 25.1. The van der Waals surface area contributed by atoms with Crippen molar-refractivity contribution in [2.75, 3.05) is 13.1 Å². The van der Waals surface area contributed by atoms with Crippen molar-refractivity contribution in [2.45, 2.75) is 31.8 Å². The number of benzene rings is 1. The molecule has 108 valence electrons. The molecular weight excluding hydrogens is 256 g/mol. The van der Waals surface area contributed by atoms with E-state index in [0.29, 0.717) is 37.1 Å². The number of rotatable bonds is 2. The van der Waals surface area contributed by atoms with Gasteiger partial charge >= 0.3 is 0 Å². The number of carbonyl (C=O) groups excluding carboxylic acids is 2. The van der Waals surface area contributed by atoms with Crippen LogP contribution in [0.1, 0.15) is 46.9 Å². The Morgan fingerprint density at radius 3 is 2.35 bits per heavy atom. The molecule has 3 N–H and O–H groups in total. The van der Waals surface area contributed by atoms with Gasteiger partial charge in [-0.05, 0) is 50.5 Å². The highest BCUT2D eigenvalue weighted by atomic mass is 16.3. The van der Waals surface area contributed by atoms with E-state index in [2.05, 4.69) is 0 Å². The van der Waals surface area contributed by atoms with E-state index < -0.39 is 11.5 Å². The molecule has 1 saturated heterocycles. The second kappa shape index (κ2) is 5.63. The number of aliphatic hydroxyl groups is 1. The van der Waals surface area contributed by atoms with E-state index in [4.69, 9.17) is 5.73 Å². The normalized spacial score (nSPS) is 23.2. The number of primary amides is 1. The van der Waals surface area contributed by atoms with E-state index in [1.807, 2.05) is 6.92 Å². The number of carbonyl (C=O) groups is 2. The zero-order valence-corrected chi connectivity index (χ0v) is 11.6. The van der Waals surface area contributed by atoms with Crippen LogP contribution in [0.4, 0.5) is 0 Å².